The second kappa shape index (κ2) is 7.89. The summed E-state index contributed by atoms with van der Waals surface area (Å²) in [5, 5.41) is 30.4. The number of nitrogens with zero attached hydrogens (tertiary/aromatic N) is 4. The smallest absolute Gasteiger partial charge is 0.143 e. The SMILES string of the molecule is Oc1cccc2c1N=C(CN(Cc1nc3c(O)cccc3[nH]1)Cc1nc3c(O)cccc3[nH]1)C2. The highest BCUT2D eigenvalue weighted by atomic mass is 16.3. The summed E-state index contributed by atoms with van der Waals surface area (Å²) in [5.74, 6) is 1.85. The fraction of sp³-hybridized carbons (Fsp3) is 0.160. The molecule has 34 heavy (non-hydrogen) atoms. The van der Waals surface area contributed by atoms with Gasteiger partial charge in [0.05, 0.1) is 24.1 Å². The molecule has 9 heteroatoms. The monoisotopic (exact) mass is 454 g/mol. The standard InChI is InChI=1S/C25H22N6O3/c32-18-7-1-4-14-10-15(26-23(14)18)11-31(12-21-27-16-5-2-8-19(33)24(16)29-21)13-22-28-17-6-3-9-20(34)25(17)30-22/h1-9,32-34H,10-13H2,(H,27,29)(H,28,30). The van der Waals surface area contributed by atoms with E-state index in [2.05, 4.69) is 29.8 Å². The Kier molecular flexibility index (Phi) is 4.70. The molecule has 6 rings (SSSR count). The number of nitrogens with one attached hydrogen (secondary N) is 2. The number of hydrogen-bond acceptors (Lipinski definition) is 7. The molecule has 0 bridgehead atoms. The molecule has 0 saturated heterocycles. The minimum absolute atomic E-state index is 0.130. The largest absolute Gasteiger partial charge is 0.506 e. The van der Waals surface area contributed by atoms with Crippen molar-refractivity contribution in [1.29, 1.82) is 0 Å². The Morgan fingerprint density at radius 3 is 1.82 bits per heavy atom. The first-order chi connectivity index (χ1) is 16.5. The zero-order chi connectivity index (χ0) is 23.2. The van der Waals surface area contributed by atoms with Crippen LogP contribution in [0.1, 0.15) is 17.2 Å². The predicted octanol–water partition coefficient (Wildman–Crippen LogP) is 3.89. The molecule has 1 aliphatic heterocycles. The molecule has 0 unspecified atom stereocenters. The molecule has 9 nitrogen and oxygen atoms in total. The van der Waals surface area contributed by atoms with Gasteiger partial charge in [-0.2, -0.15) is 0 Å². The van der Waals surface area contributed by atoms with Gasteiger partial charge in [-0.25, -0.2) is 9.97 Å². The van der Waals surface area contributed by atoms with Crippen LogP contribution in [0.4, 0.5) is 5.69 Å². The van der Waals surface area contributed by atoms with E-state index in [-0.39, 0.29) is 17.2 Å². The second-order valence-corrected chi connectivity index (χ2v) is 8.50. The molecule has 5 N–H and O–H groups in total. The number of aromatic nitrogens is 4. The first-order valence-electron chi connectivity index (χ1n) is 11.0. The predicted molar refractivity (Wildman–Crippen MR) is 129 cm³/mol. The van der Waals surface area contributed by atoms with Gasteiger partial charge in [-0.3, -0.25) is 9.89 Å². The lowest BCUT2D eigenvalue weighted by Crippen LogP contribution is -2.30. The van der Waals surface area contributed by atoms with E-state index < -0.39 is 0 Å². The molecule has 0 saturated carbocycles. The van der Waals surface area contributed by atoms with Gasteiger partial charge in [-0.15, -0.1) is 0 Å². The molecule has 1 aliphatic rings. The van der Waals surface area contributed by atoms with E-state index in [1.807, 2.05) is 24.3 Å². The van der Waals surface area contributed by atoms with Gasteiger partial charge in [0.15, 0.2) is 0 Å². The molecular weight excluding hydrogens is 432 g/mol. The minimum atomic E-state index is 0.130. The van der Waals surface area contributed by atoms with Crippen LogP contribution in [0.25, 0.3) is 22.1 Å². The molecule has 0 atom stereocenters. The molecule has 0 fully saturated rings. The average Bonchev–Trinajstić information content (AvgIpc) is 3.51. The third-order valence-corrected chi connectivity index (χ3v) is 6.00. The zero-order valence-electron chi connectivity index (χ0n) is 18.2. The highest BCUT2D eigenvalue weighted by Crippen LogP contribution is 2.35. The highest BCUT2D eigenvalue weighted by Gasteiger charge is 2.22. The maximum atomic E-state index is 10.2. The Labute approximate surface area is 194 Å². The van der Waals surface area contributed by atoms with Crippen molar-refractivity contribution in [2.45, 2.75) is 19.5 Å². The molecular formula is C25H22N6O3. The number of rotatable bonds is 6. The maximum absolute atomic E-state index is 10.2. The number of hydrogen-bond donors (Lipinski definition) is 5. The fourth-order valence-corrected chi connectivity index (χ4v) is 4.49. The van der Waals surface area contributed by atoms with Crippen LogP contribution in [0.15, 0.2) is 59.6 Å². The third-order valence-electron chi connectivity index (χ3n) is 6.00. The van der Waals surface area contributed by atoms with Gasteiger partial charge in [-0.05, 0) is 35.9 Å². The molecule has 0 radical (unpaired) electrons. The Hall–Kier alpha value is -4.37. The number of aliphatic imine (C=N–C) groups is 1. The minimum Gasteiger partial charge on any atom is -0.506 e. The number of aromatic hydroxyl groups is 3. The van der Waals surface area contributed by atoms with Crippen molar-refractivity contribution >= 4 is 33.5 Å². The summed E-state index contributed by atoms with van der Waals surface area (Å²) in [6, 6.07) is 16.0. The number of phenols is 3. The van der Waals surface area contributed by atoms with Crippen LogP contribution in [0.2, 0.25) is 0 Å². The quantitative estimate of drug-likeness (QED) is 0.264. The Bertz CT molecular complexity index is 1490. The molecule has 0 spiro atoms. The number of fused-ring (bicyclic) bond motifs is 3. The summed E-state index contributed by atoms with van der Waals surface area (Å²) >= 11 is 0. The summed E-state index contributed by atoms with van der Waals surface area (Å²) in [6.45, 7) is 1.44. The molecule has 170 valence electrons. The fourth-order valence-electron chi connectivity index (χ4n) is 4.49. The number of benzene rings is 3. The topological polar surface area (TPSA) is 134 Å². The van der Waals surface area contributed by atoms with Crippen molar-refractivity contribution < 1.29 is 15.3 Å². The van der Waals surface area contributed by atoms with E-state index in [4.69, 9.17) is 0 Å². The van der Waals surface area contributed by atoms with Crippen LogP contribution < -0.4 is 0 Å². The van der Waals surface area contributed by atoms with Gasteiger partial charge in [0, 0.05) is 18.7 Å². The molecule has 2 aromatic heterocycles. The Morgan fingerprint density at radius 2 is 1.26 bits per heavy atom. The molecule has 3 aromatic carbocycles. The van der Waals surface area contributed by atoms with Crippen LogP contribution >= 0.6 is 0 Å². The van der Waals surface area contributed by atoms with Crippen molar-refractivity contribution in [2.75, 3.05) is 6.54 Å². The summed E-state index contributed by atoms with van der Waals surface area (Å²) < 4.78 is 0. The number of aromatic amines is 2. The van der Waals surface area contributed by atoms with Crippen LogP contribution in [0.3, 0.4) is 0 Å². The Balaban J connectivity index is 1.31. The normalized spacial score (nSPS) is 13.1. The van der Waals surface area contributed by atoms with E-state index in [0.717, 1.165) is 22.3 Å². The molecule has 0 amide bonds. The number of imidazole rings is 2. The molecule has 0 aliphatic carbocycles. The number of phenolic OH excluding ortho intramolecular Hbond substituents is 3. The number of H-pyrrole nitrogens is 2. The van der Waals surface area contributed by atoms with Gasteiger partial charge < -0.3 is 25.3 Å². The summed E-state index contributed by atoms with van der Waals surface area (Å²) in [7, 11) is 0. The number of para-hydroxylation sites is 3. The van der Waals surface area contributed by atoms with Crippen LogP contribution in [0, 0.1) is 0 Å². The van der Waals surface area contributed by atoms with Gasteiger partial charge in [0.1, 0.15) is 45.6 Å². The van der Waals surface area contributed by atoms with E-state index >= 15 is 0 Å². The van der Waals surface area contributed by atoms with E-state index in [9.17, 15) is 15.3 Å². The van der Waals surface area contributed by atoms with Crippen molar-refractivity contribution in [3.05, 3.63) is 71.8 Å². The van der Waals surface area contributed by atoms with Gasteiger partial charge in [0.25, 0.3) is 0 Å². The van der Waals surface area contributed by atoms with E-state index in [0.29, 0.717) is 54.4 Å². The lowest BCUT2D eigenvalue weighted by molar-refractivity contribution is 0.281. The van der Waals surface area contributed by atoms with Crippen molar-refractivity contribution in [3.63, 3.8) is 0 Å². The first kappa shape index (κ1) is 20.3. The summed E-state index contributed by atoms with van der Waals surface area (Å²) in [6.07, 6.45) is 0.655. The average molecular weight is 454 g/mol. The second-order valence-electron chi connectivity index (χ2n) is 8.50. The molecule has 5 aromatic rings. The van der Waals surface area contributed by atoms with Gasteiger partial charge >= 0.3 is 0 Å². The lowest BCUT2D eigenvalue weighted by Gasteiger charge is -2.20. The first-order valence-corrected chi connectivity index (χ1v) is 11.0. The van der Waals surface area contributed by atoms with Gasteiger partial charge in [-0.1, -0.05) is 24.3 Å². The van der Waals surface area contributed by atoms with Crippen LogP contribution in [0.5, 0.6) is 17.2 Å². The Morgan fingerprint density at radius 1 is 0.706 bits per heavy atom. The maximum Gasteiger partial charge on any atom is 0.143 e. The van der Waals surface area contributed by atoms with Crippen molar-refractivity contribution in [2.24, 2.45) is 4.99 Å². The lowest BCUT2D eigenvalue weighted by atomic mass is 10.1. The van der Waals surface area contributed by atoms with Crippen molar-refractivity contribution in [1.82, 2.24) is 24.8 Å². The third kappa shape index (κ3) is 3.61. The van der Waals surface area contributed by atoms with E-state index in [1.165, 1.54) is 0 Å². The highest BCUT2D eigenvalue weighted by molar-refractivity contribution is 5.96. The van der Waals surface area contributed by atoms with E-state index in [1.54, 1.807) is 30.3 Å². The van der Waals surface area contributed by atoms with Gasteiger partial charge in [0.2, 0.25) is 0 Å². The summed E-state index contributed by atoms with van der Waals surface area (Å²) in [5.41, 5.74) is 5.13. The molecule has 3 heterocycles. The zero-order valence-corrected chi connectivity index (χ0v) is 18.2. The summed E-state index contributed by atoms with van der Waals surface area (Å²) in [4.78, 5) is 22.5. The van der Waals surface area contributed by atoms with Crippen molar-refractivity contribution in [3.8, 4) is 17.2 Å². The van der Waals surface area contributed by atoms with Crippen LogP contribution in [-0.4, -0.2) is 52.4 Å². The van der Waals surface area contributed by atoms with Crippen LogP contribution in [-0.2, 0) is 19.5 Å².